The van der Waals surface area contributed by atoms with Crippen LogP contribution in [-0.4, -0.2) is 77.9 Å². The Morgan fingerprint density at radius 3 is 1.21 bits per heavy atom. The second kappa shape index (κ2) is 27.7. The van der Waals surface area contributed by atoms with Crippen molar-refractivity contribution in [2.75, 3.05) is 23.0 Å². The maximum Gasteiger partial charge on any atom is 0.339 e. The van der Waals surface area contributed by atoms with E-state index in [1.54, 1.807) is 49.4 Å². The van der Waals surface area contributed by atoms with E-state index in [-0.39, 0.29) is 71.6 Å². The molecule has 86 heavy (non-hydrogen) atoms. The number of hydrogen-bond acceptors (Lipinski definition) is 17. The zero-order valence-corrected chi connectivity index (χ0v) is 50.7. The lowest BCUT2D eigenvalue weighted by Gasteiger charge is -2.18. The number of nitrogens with two attached hydrogens (primary N) is 1. The topological polar surface area (TPSA) is 325 Å². The van der Waals surface area contributed by atoms with Gasteiger partial charge in [0, 0.05) is 54.7 Å². The molecular weight excluding hydrogens is 1290 g/mol. The third kappa shape index (κ3) is 16.9. The van der Waals surface area contributed by atoms with Gasteiger partial charge in [-0.25, -0.2) is 35.6 Å². The smallest absolute Gasteiger partial charge is 0.339 e. The van der Waals surface area contributed by atoms with Gasteiger partial charge in [-0.15, -0.1) is 0 Å². The van der Waals surface area contributed by atoms with E-state index in [0.717, 1.165) is 58.6 Å². The van der Waals surface area contributed by atoms with Gasteiger partial charge in [0.15, 0.2) is 15.8 Å². The summed E-state index contributed by atoms with van der Waals surface area (Å²) in [5.74, 6) is -0.965. The lowest BCUT2D eigenvalue weighted by molar-refractivity contribution is 0.485. The molecule has 4 heterocycles. The van der Waals surface area contributed by atoms with E-state index in [0.29, 0.717) is 37.1 Å². The summed E-state index contributed by atoms with van der Waals surface area (Å²) in [5, 5.41) is -0.488. The van der Waals surface area contributed by atoms with Gasteiger partial charge in [0.05, 0.1) is 29.6 Å². The number of hydrogen-bond donors (Lipinski definition) is 2. The van der Waals surface area contributed by atoms with Crippen LogP contribution in [0, 0.1) is 13.8 Å². The van der Waals surface area contributed by atoms with Crippen molar-refractivity contribution in [1.82, 2.24) is 27.4 Å². The van der Waals surface area contributed by atoms with Gasteiger partial charge in [0.1, 0.15) is 31.9 Å². The van der Waals surface area contributed by atoms with Gasteiger partial charge in [-0.2, -0.15) is 16.8 Å². The normalized spacial score (nSPS) is 13.0. The minimum Gasteiger partial charge on any atom is -0.399 e. The highest BCUT2D eigenvalue weighted by molar-refractivity contribution is 8.13. The number of anilines is 2. The third-order valence-corrected chi connectivity index (χ3v) is 15.3. The molecule has 2 fully saturated rings. The minimum absolute atomic E-state index is 0. The number of halogens is 4. The maximum absolute atomic E-state index is 13.7. The average Bonchev–Trinajstić information content (AvgIpc) is 0.806. The van der Waals surface area contributed by atoms with Crippen molar-refractivity contribution in [2.24, 2.45) is 14.1 Å². The first-order chi connectivity index (χ1) is 38.6. The highest BCUT2D eigenvalue weighted by Crippen LogP contribution is 2.35. The first kappa shape index (κ1) is 71.3. The number of sulfonamides is 1. The number of benzene rings is 4. The van der Waals surface area contributed by atoms with Crippen molar-refractivity contribution >= 4 is 118 Å². The van der Waals surface area contributed by atoms with Gasteiger partial charge in [0.2, 0.25) is 19.1 Å². The number of nitrogens with one attached hydrogen (secondary N) is 1. The number of alkyl halides is 3. The number of rotatable bonds is 12. The quantitative estimate of drug-likeness (QED) is 0.0516. The van der Waals surface area contributed by atoms with Crippen LogP contribution in [0.15, 0.2) is 148 Å². The molecule has 3 N–H and O–H groups in total. The predicted molar refractivity (Wildman–Crippen MR) is 338 cm³/mol. The van der Waals surface area contributed by atoms with E-state index in [4.69, 9.17) is 48.9 Å². The Balaban J connectivity index is 0.000000314. The Labute approximate surface area is 514 Å². The number of nitrogens with zero attached hydrogens (tertiary/aromatic N) is 6. The number of fused-ring (bicyclic) bond motifs is 2. The zero-order chi connectivity index (χ0) is 61.4. The SMILES string of the molecule is C.C.C.CS(=O)(=O)Cl.Cc1ccc(S(=O)(=O)Oc2cc(=O)n(C)c3c2c(=O)n(C2CC2)c(=O)n3-c2cccc(N)c2)cc1.Cc1ccc(S(=O)(=O)Oc2cc(=O)n(C)c3c2c(=O)n(C2CC2)c(=O)n3-c2cccc(NS(C)(=O)=O)c2)cc1.ClC(Cl)Cl. The summed E-state index contributed by atoms with van der Waals surface area (Å²) in [4.78, 5) is 80.0. The summed E-state index contributed by atoms with van der Waals surface area (Å²) < 4.78 is 114. The molecule has 4 aromatic heterocycles. The summed E-state index contributed by atoms with van der Waals surface area (Å²) in [5.41, 5.74) is 3.92. The highest BCUT2D eigenvalue weighted by Gasteiger charge is 2.34. The molecule has 466 valence electrons. The first-order valence-corrected chi connectivity index (χ1v) is 32.9. The van der Waals surface area contributed by atoms with Gasteiger partial charge >= 0.3 is 31.6 Å². The van der Waals surface area contributed by atoms with Crippen molar-refractivity contribution in [3.05, 3.63) is 183 Å². The Bertz CT molecular complexity index is 4720. The molecule has 0 unspecified atom stereocenters. The number of aromatic nitrogens is 6. The molecule has 2 aliphatic carbocycles. The van der Waals surface area contributed by atoms with Gasteiger partial charge in [-0.05, 0) is 100 Å². The molecular formula is C54H62Cl4N8O16S4. The molecule has 0 aliphatic heterocycles. The van der Waals surface area contributed by atoms with Crippen LogP contribution < -0.4 is 52.4 Å². The minimum atomic E-state index is -4.46. The van der Waals surface area contributed by atoms with Crippen molar-refractivity contribution in [1.29, 1.82) is 0 Å². The van der Waals surface area contributed by atoms with Crippen LogP contribution in [0.4, 0.5) is 11.4 Å². The molecule has 0 bridgehead atoms. The first-order valence-electron chi connectivity index (χ1n) is 24.2. The molecule has 0 spiro atoms. The summed E-state index contributed by atoms with van der Waals surface area (Å²) >= 11 is 14.4. The number of nitrogen functional groups attached to an aromatic ring is 1. The summed E-state index contributed by atoms with van der Waals surface area (Å²) in [7, 11) is -8.46. The van der Waals surface area contributed by atoms with Crippen LogP contribution in [0.25, 0.3) is 33.4 Å². The van der Waals surface area contributed by atoms with Gasteiger partial charge in [-0.1, -0.05) is 105 Å². The van der Waals surface area contributed by atoms with E-state index in [1.165, 1.54) is 73.3 Å². The van der Waals surface area contributed by atoms with E-state index >= 15 is 0 Å². The number of pyridine rings is 2. The van der Waals surface area contributed by atoms with Crippen molar-refractivity contribution in [3.8, 4) is 22.9 Å². The molecule has 32 heteroatoms. The largest absolute Gasteiger partial charge is 0.399 e. The molecule has 4 aromatic carbocycles. The maximum atomic E-state index is 13.7. The van der Waals surface area contributed by atoms with Crippen LogP contribution in [0.5, 0.6) is 11.5 Å². The van der Waals surface area contributed by atoms with Gasteiger partial charge in [0.25, 0.3) is 22.2 Å². The van der Waals surface area contributed by atoms with Crippen LogP contribution in [-0.2, 0) is 53.4 Å². The van der Waals surface area contributed by atoms with E-state index in [1.807, 2.05) is 6.92 Å². The second-order valence-electron chi connectivity index (χ2n) is 18.9. The van der Waals surface area contributed by atoms with Crippen molar-refractivity contribution < 1.29 is 42.0 Å². The van der Waals surface area contributed by atoms with Crippen LogP contribution in [0.3, 0.4) is 0 Å². The van der Waals surface area contributed by atoms with Crippen LogP contribution >= 0.6 is 45.5 Å². The van der Waals surface area contributed by atoms with Crippen LogP contribution in [0.1, 0.15) is 71.2 Å². The summed E-state index contributed by atoms with van der Waals surface area (Å²) in [6.07, 6.45) is 4.26. The Kier molecular flexibility index (Phi) is 22.9. The molecule has 0 amide bonds. The molecule has 0 atom stereocenters. The van der Waals surface area contributed by atoms with Gasteiger partial charge < -0.3 is 14.1 Å². The zero-order valence-electron chi connectivity index (χ0n) is 44.4. The van der Waals surface area contributed by atoms with Crippen molar-refractivity contribution in [2.45, 2.75) is 88.0 Å². The Morgan fingerprint density at radius 1 is 0.547 bits per heavy atom. The van der Waals surface area contributed by atoms with Crippen LogP contribution in [0.2, 0.25) is 0 Å². The molecule has 2 saturated carbocycles. The molecule has 0 radical (unpaired) electrons. The van der Waals surface area contributed by atoms with E-state index in [2.05, 4.69) is 15.4 Å². The molecule has 24 nitrogen and oxygen atoms in total. The summed E-state index contributed by atoms with van der Waals surface area (Å²) in [6.45, 7) is 3.59. The second-order valence-corrected chi connectivity index (χ2v) is 28.8. The standard InChI is InChI=1S/C25H24N4O8S2.C24H22N4O6S.CHCl3.CH3ClO2S.3CH4/c1-15-7-11-19(12-8-15)39(35,36)37-20-14-21(30)27(2)23-22(20)24(31)29(17-9-10-17)25(32)28(23)18-6-4-5-16(13-18)26-38(3,33)34;1-14-6-10-18(11-7-14)35(32,33)34-19-13-20(29)26(2)22-21(19)23(30)28(16-8-9-16)24(31)27(22)17-5-3-4-15(25)12-17;2-1(3)4;1-5(2,3)4;;;/h4-8,11-14,17,26H,9-10H2,1-3H3;3-7,10-13,16H,8-9,25H2,1-2H3;1H;1H3;3*1H4. The molecule has 2 aliphatic rings. The molecule has 10 rings (SSSR count). The van der Waals surface area contributed by atoms with Gasteiger partial charge in [-0.3, -0.25) is 42.2 Å². The monoisotopic (exact) mass is 1350 g/mol. The highest BCUT2D eigenvalue weighted by atomic mass is 35.7. The van der Waals surface area contributed by atoms with Crippen molar-refractivity contribution in [3.63, 3.8) is 0 Å². The third-order valence-electron chi connectivity index (χ3n) is 12.2. The predicted octanol–water partition coefficient (Wildman–Crippen LogP) is 7.56. The number of aryl methyl sites for hydroxylation is 4. The van der Waals surface area contributed by atoms with E-state index < -0.39 is 94.8 Å². The Hall–Kier alpha value is -7.18. The molecule has 8 aromatic rings. The summed E-state index contributed by atoms with van der Waals surface area (Å²) in [6, 6.07) is 25.1. The fraction of sp³-hybridized carbons (Fsp3) is 0.296. The lowest BCUT2D eigenvalue weighted by atomic mass is 10.2. The average molecular weight is 1350 g/mol. The Morgan fingerprint density at radius 2 is 0.884 bits per heavy atom. The fourth-order valence-corrected chi connectivity index (χ4v) is 10.7. The lowest BCUT2D eigenvalue weighted by Crippen LogP contribution is -2.41. The fourth-order valence-electron chi connectivity index (χ4n) is 8.30. The van der Waals surface area contributed by atoms with E-state index in [9.17, 15) is 62.4 Å². The molecule has 0 saturated heterocycles.